The van der Waals surface area contributed by atoms with Crippen molar-refractivity contribution in [3.8, 4) is 0 Å². The fraction of sp³-hybridized carbons (Fsp3) is 0.529. The van der Waals surface area contributed by atoms with Crippen molar-refractivity contribution in [1.29, 1.82) is 0 Å². The minimum atomic E-state index is -0.456. The van der Waals surface area contributed by atoms with E-state index in [0.717, 1.165) is 19.3 Å². The van der Waals surface area contributed by atoms with Crippen molar-refractivity contribution >= 4 is 46.8 Å². The Bertz CT molecular complexity index is 597. The number of benzene rings is 1. The van der Waals surface area contributed by atoms with Crippen molar-refractivity contribution in [2.45, 2.75) is 43.5 Å². The van der Waals surface area contributed by atoms with E-state index in [1.54, 1.807) is 18.2 Å². The van der Waals surface area contributed by atoms with Crippen LogP contribution in [0.25, 0.3) is 0 Å². The Morgan fingerprint density at radius 3 is 2.79 bits per heavy atom. The van der Waals surface area contributed by atoms with Gasteiger partial charge in [-0.1, -0.05) is 43.0 Å². The molecule has 1 aromatic rings. The molecule has 2 rings (SSSR count). The first-order valence-electron chi connectivity index (χ1n) is 7.98. The summed E-state index contributed by atoms with van der Waals surface area (Å²) < 4.78 is 5.02. The zero-order valence-corrected chi connectivity index (χ0v) is 15.8. The monoisotopic (exact) mass is 389 g/mol. The van der Waals surface area contributed by atoms with E-state index in [9.17, 15) is 9.59 Å². The number of carbonyl (C=O) groups excluding carboxylic acids is 2. The molecule has 1 amide bonds. The van der Waals surface area contributed by atoms with E-state index < -0.39 is 5.97 Å². The maximum atomic E-state index is 11.9. The van der Waals surface area contributed by atoms with E-state index in [-0.39, 0.29) is 24.3 Å². The lowest BCUT2D eigenvalue weighted by Crippen LogP contribution is -2.43. The summed E-state index contributed by atoms with van der Waals surface area (Å²) in [5.74, 6) is -0.151. The average Bonchev–Trinajstić information content (AvgIpc) is 2.56. The van der Waals surface area contributed by atoms with Crippen LogP contribution in [0.1, 0.15) is 32.6 Å². The van der Waals surface area contributed by atoms with E-state index in [4.69, 9.17) is 27.9 Å². The average molecular weight is 390 g/mol. The standard InChI is InChI=1S/C17H21Cl2NO3S/c1-11-4-2-3-5-14(11)20-16(21)9-23-17(22)10-24-15-8-12(18)6-7-13(15)19/h6-8,11,14H,2-5,9-10H2,1H3,(H,20,21)/t11-,14-/m1/s1. The van der Waals surface area contributed by atoms with E-state index in [0.29, 0.717) is 20.9 Å². The molecular weight excluding hydrogens is 369 g/mol. The van der Waals surface area contributed by atoms with Crippen molar-refractivity contribution in [2.24, 2.45) is 5.92 Å². The second-order valence-corrected chi connectivity index (χ2v) is 7.82. The summed E-state index contributed by atoms with van der Waals surface area (Å²) in [6.07, 6.45) is 4.46. The number of amides is 1. The highest BCUT2D eigenvalue weighted by atomic mass is 35.5. The highest BCUT2D eigenvalue weighted by Crippen LogP contribution is 2.29. The first kappa shape index (κ1) is 19.4. The Labute approximate surface area is 156 Å². The number of hydrogen-bond donors (Lipinski definition) is 1. The lowest BCUT2D eigenvalue weighted by Gasteiger charge is -2.29. The number of hydrogen-bond acceptors (Lipinski definition) is 4. The van der Waals surface area contributed by atoms with Gasteiger partial charge in [-0.15, -0.1) is 11.8 Å². The summed E-state index contributed by atoms with van der Waals surface area (Å²) in [4.78, 5) is 24.4. The van der Waals surface area contributed by atoms with Gasteiger partial charge in [-0.05, 0) is 37.0 Å². The van der Waals surface area contributed by atoms with Gasteiger partial charge in [0, 0.05) is 16.0 Å². The first-order valence-corrected chi connectivity index (χ1v) is 9.72. The molecular formula is C17H21Cl2NO3S. The van der Waals surface area contributed by atoms with Crippen LogP contribution in [-0.2, 0) is 14.3 Å². The number of nitrogens with one attached hydrogen (secondary N) is 1. The molecule has 2 atom stereocenters. The summed E-state index contributed by atoms with van der Waals surface area (Å²) in [7, 11) is 0. The predicted octanol–water partition coefficient (Wildman–Crippen LogP) is 4.32. The van der Waals surface area contributed by atoms with Gasteiger partial charge in [-0.2, -0.15) is 0 Å². The fourth-order valence-corrected chi connectivity index (χ4v) is 3.98. The molecule has 0 unspecified atom stereocenters. The zero-order valence-electron chi connectivity index (χ0n) is 13.5. The highest BCUT2D eigenvalue weighted by molar-refractivity contribution is 8.00. The van der Waals surface area contributed by atoms with Crippen LogP contribution >= 0.6 is 35.0 Å². The molecule has 24 heavy (non-hydrogen) atoms. The molecule has 132 valence electrons. The number of carbonyl (C=O) groups is 2. The maximum absolute atomic E-state index is 11.9. The molecule has 0 heterocycles. The molecule has 0 aliphatic heterocycles. The van der Waals surface area contributed by atoms with Crippen LogP contribution in [0.4, 0.5) is 0 Å². The van der Waals surface area contributed by atoms with Crippen molar-refractivity contribution in [3.63, 3.8) is 0 Å². The second-order valence-electron chi connectivity index (χ2n) is 5.96. The van der Waals surface area contributed by atoms with Crippen LogP contribution in [0.3, 0.4) is 0 Å². The minimum Gasteiger partial charge on any atom is -0.455 e. The lowest BCUT2D eigenvalue weighted by atomic mass is 9.86. The Hall–Kier alpha value is -0.910. The molecule has 1 aliphatic rings. The molecule has 1 aromatic carbocycles. The van der Waals surface area contributed by atoms with Gasteiger partial charge >= 0.3 is 5.97 Å². The molecule has 0 radical (unpaired) electrons. The largest absolute Gasteiger partial charge is 0.455 e. The first-order chi connectivity index (χ1) is 11.5. The van der Waals surface area contributed by atoms with E-state index in [2.05, 4.69) is 12.2 Å². The number of rotatable bonds is 6. The Morgan fingerprint density at radius 1 is 1.29 bits per heavy atom. The van der Waals surface area contributed by atoms with Gasteiger partial charge in [-0.25, -0.2) is 0 Å². The van der Waals surface area contributed by atoms with Crippen molar-refractivity contribution in [1.82, 2.24) is 5.32 Å². The molecule has 1 N–H and O–H groups in total. The van der Waals surface area contributed by atoms with E-state index in [1.165, 1.54) is 18.2 Å². The number of thioether (sulfide) groups is 1. The summed E-state index contributed by atoms with van der Waals surface area (Å²) in [6, 6.07) is 5.24. The van der Waals surface area contributed by atoms with Crippen LogP contribution in [0.2, 0.25) is 10.0 Å². The van der Waals surface area contributed by atoms with Crippen LogP contribution in [-0.4, -0.2) is 30.3 Å². The van der Waals surface area contributed by atoms with Gasteiger partial charge in [0.1, 0.15) is 0 Å². The van der Waals surface area contributed by atoms with Crippen LogP contribution in [0.15, 0.2) is 23.1 Å². The van der Waals surface area contributed by atoms with Crippen molar-refractivity contribution in [3.05, 3.63) is 28.2 Å². The van der Waals surface area contributed by atoms with Crippen LogP contribution < -0.4 is 5.32 Å². The third-order valence-electron chi connectivity index (χ3n) is 4.06. The summed E-state index contributed by atoms with van der Waals surface area (Å²) in [6.45, 7) is 1.90. The third-order valence-corrected chi connectivity index (χ3v) is 5.77. The molecule has 0 saturated heterocycles. The lowest BCUT2D eigenvalue weighted by molar-refractivity contribution is -0.146. The van der Waals surface area contributed by atoms with Crippen molar-refractivity contribution < 1.29 is 14.3 Å². The molecule has 1 aliphatic carbocycles. The third kappa shape index (κ3) is 6.19. The van der Waals surface area contributed by atoms with Gasteiger partial charge in [0.25, 0.3) is 5.91 Å². The van der Waals surface area contributed by atoms with Gasteiger partial charge in [0.05, 0.1) is 10.8 Å². The maximum Gasteiger partial charge on any atom is 0.316 e. The molecule has 1 saturated carbocycles. The van der Waals surface area contributed by atoms with Gasteiger partial charge < -0.3 is 10.1 Å². The minimum absolute atomic E-state index is 0.0766. The highest BCUT2D eigenvalue weighted by Gasteiger charge is 2.23. The summed E-state index contributed by atoms with van der Waals surface area (Å²) in [5.41, 5.74) is 0. The number of halogens is 2. The van der Waals surface area contributed by atoms with Crippen LogP contribution in [0, 0.1) is 5.92 Å². The fourth-order valence-electron chi connectivity index (χ4n) is 2.69. The topological polar surface area (TPSA) is 55.4 Å². The van der Waals surface area contributed by atoms with Gasteiger partial charge in [0.2, 0.25) is 0 Å². The Balaban J connectivity index is 1.70. The summed E-state index contributed by atoms with van der Waals surface area (Å²) in [5, 5.41) is 4.03. The Kier molecular flexibility index (Phi) is 7.72. The molecule has 7 heteroatoms. The Morgan fingerprint density at radius 2 is 2.04 bits per heavy atom. The second kappa shape index (κ2) is 9.54. The van der Waals surface area contributed by atoms with Gasteiger partial charge in [-0.3, -0.25) is 9.59 Å². The molecule has 0 bridgehead atoms. The predicted molar refractivity (Wildman–Crippen MR) is 97.7 cm³/mol. The molecule has 4 nitrogen and oxygen atoms in total. The zero-order chi connectivity index (χ0) is 17.5. The van der Waals surface area contributed by atoms with E-state index >= 15 is 0 Å². The quantitative estimate of drug-likeness (QED) is 0.581. The number of ether oxygens (including phenoxy) is 1. The molecule has 1 fully saturated rings. The van der Waals surface area contributed by atoms with Gasteiger partial charge in [0.15, 0.2) is 6.61 Å². The van der Waals surface area contributed by atoms with Crippen molar-refractivity contribution in [2.75, 3.05) is 12.4 Å². The SMILES string of the molecule is C[C@@H]1CCCC[C@H]1NC(=O)COC(=O)CSc1cc(Cl)ccc1Cl. The molecule has 0 aromatic heterocycles. The molecule has 0 spiro atoms. The van der Waals surface area contributed by atoms with Crippen LogP contribution in [0.5, 0.6) is 0 Å². The van der Waals surface area contributed by atoms with E-state index in [1.807, 2.05) is 0 Å². The summed E-state index contributed by atoms with van der Waals surface area (Å²) >= 11 is 13.2. The number of esters is 1. The smallest absolute Gasteiger partial charge is 0.316 e. The normalized spacial score (nSPS) is 20.5.